The minimum atomic E-state index is -1.09. The first kappa shape index (κ1) is 19.9. The zero-order chi connectivity index (χ0) is 20.0. The van der Waals surface area contributed by atoms with Gasteiger partial charge in [-0.2, -0.15) is 0 Å². The SMILES string of the molecule is COC(=O)c1cc(NC(=O)/C=C/c2cccc(OC)c2OC)c(F)cc1F. The van der Waals surface area contributed by atoms with E-state index in [1.807, 2.05) is 0 Å². The molecule has 0 aliphatic heterocycles. The van der Waals surface area contributed by atoms with E-state index in [-0.39, 0.29) is 5.69 Å². The number of halogens is 2. The van der Waals surface area contributed by atoms with Crippen molar-refractivity contribution in [3.63, 3.8) is 0 Å². The molecule has 0 fully saturated rings. The van der Waals surface area contributed by atoms with Gasteiger partial charge in [0.1, 0.15) is 11.6 Å². The average Bonchev–Trinajstić information content (AvgIpc) is 2.67. The maximum absolute atomic E-state index is 13.9. The van der Waals surface area contributed by atoms with E-state index in [2.05, 4.69) is 10.1 Å². The number of esters is 1. The number of amides is 1. The summed E-state index contributed by atoms with van der Waals surface area (Å²) in [6.45, 7) is 0. The van der Waals surface area contributed by atoms with Crippen LogP contribution in [0.15, 0.2) is 36.4 Å². The Morgan fingerprint density at radius 3 is 2.41 bits per heavy atom. The van der Waals surface area contributed by atoms with Crippen LogP contribution >= 0.6 is 0 Å². The van der Waals surface area contributed by atoms with Gasteiger partial charge in [0.2, 0.25) is 5.91 Å². The average molecular weight is 377 g/mol. The standard InChI is InChI=1S/C19H17F2NO5/c1-25-16-6-4-5-11(18(16)26-2)7-8-17(23)22-15-9-12(19(24)27-3)13(20)10-14(15)21/h4-10H,1-3H3,(H,22,23)/b8-7+. The molecule has 0 aliphatic carbocycles. The van der Waals surface area contributed by atoms with Crippen LogP contribution in [0, 0.1) is 11.6 Å². The smallest absolute Gasteiger partial charge is 0.340 e. The normalized spacial score (nSPS) is 10.6. The van der Waals surface area contributed by atoms with Crippen LogP contribution in [0.2, 0.25) is 0 Å². The molecule has 142 valence electrons. The quantitative estimate of drug-likeness (QED) is 0.617. The number of ether oxygens (including phenoxy) is 3. The van der Waals surface area contributed by atoms with Crippen LogP contribution in [-0.2, 0) is 9.53 Å². The Morgan fingerprint density at radius 2 is 1.78 bits per heavy atom. The van der Waals surface area contributed by atoms with E-state index in [0.717, 1.165) is 19.3 Å². The molecule has 8 heteroatoms. The minimum Gasteiger partial charge on any atom is -0.493 e. The van der Waals surface area contributed by atoms with E-state index in [1.165, 1.54) is 20.3 Å². The number of para-hydroxylation sites is 1. The van der Waals surface area contributed by atoms with Crippen molar-refractivity contribution in [2.24, 2.45) is 0 Å². The summed E-state index contributed by atoms with van der Waals surface area (Å²) in [4.78, 5) is 23.6. The van der Waals surface area contributed by atoms with E-state index in [9.17, 15) is 18.4 Å². The molecule has 0 heterocycles. The lowest BCUT2D eigenvalue weighted by molar-refractivity contribution is -0.111. The van der Waals surface area contributed by atoms with Gasteiger partial charge in [-0.1, -0.05) is 12.1 Å². The molecule has 0 radical (unpaired) electrons. The van der Waals surface area contributed by atoms with Crippen molar-refractivity contribution in [2.45, 2.75) is 0 Å². The van der Waals surface area contributed by atoms with E-state index in [4.69, 9.17) is 9.47 Å². The lowest BCUT2D eigenvalue weighted by atomic mass is 10.1. The van der Waals surface area contributed by atoms with Crippen LogP contribution in [0.5, 0.6) is 11.5 Å². The van der Waals surface area contributed by atoms with Crippen LogP contribution in [0.25, 0.3) is 6.08 Å². The van der Waals surface area contributed by atoms with Gasteiger partial charge in [-0.25, -0.2) is 13.6 Å². The van der Waals surface area contributed by atoms with E-state index < -0.39 is 29.1 Å². The predicted molar refractivity (Wildman–Crippen MR) is 94.9 cm³/mol. The van der Waals surface area contributed by atoms with Gasteiger partial charge in [-0.3, -0.25) is 4.79 Å². The third kappa shape index (κ3) is 4.60. The molecular formula is C19H17F2NO5. The monoisotopic (exact) mass is 377 g/mol. The predicted octanol–water partition coefficient (Wildman–Crippen LogP) is 3.42. The highest BCUT2D eigenvalue weighted by atomic mass is 19.1. The van der Waals surface area contributed by atoms with Crippen molar-refractivity contribution >= 4 is 23.6 Å². The fraction of sp³-hybridized carbons (Fsp3) is 0.158. The first-order valence-corrected chi connectivity index (χ1v) is 7.68. The number of nitrogens with one attached hydrogen (secondary N) is 1. The summed E-state index contributed by atoms with van der Waals surface area (Å²) in [5.74, 6) is -2.90. The van der Waals surface area contributed by atoms with Crippen molar-refractivity contribution in [3.8, 4) is 11.5 Å². The molecule has 1 amide bonds. The summed E-state index contributed by atoms with van der Waals surface area (Å²) in [6.07, 6.45) is 2.58. The maximum atomic E-state index is 13.9. The molecule has 2 aromatic rings. The highest BCUT2D eigenvalue weighted by Gasteiger charge is 2.17. The maximum Gasteiger partial charge on any atom is 0.340 e. The summed E-state index contributed by atoms with van der Waals surface area (Å²) in [5.41, 5.74) is -0.293. The van der Waals surface area contributed by atoms with Gasteiger partial charge >= 0.3 is 5.97 Å². The second-order valence-corrected chi connectivity index (χ2v) is 5.21. The number of methoxy groups -OCH3 is 3. The van der Waals surface area contributed by atoms with Gasteiger partial charge in [-0.05, 0) is 18.2 Å². The lowest BCUT2D eigenvalue weighted by Gasteiger charge is -2.10. The second-order valence-electron chi connectivity index (χ2n) is 5.21. The number of carbonyl (C=O) groups is 2. The first-order valence-electron chi connectivity index (χ1n) is 7.68. The zero-order valence-electron chi connectivity index (χ0n) is 14.8. The number of hydrogen-bond donors (Lipinski definition) is 1. The topological polar surface area (TPSA) is 73.9 Å². The van der Waals surface area contributed by atoms with Crippen molar-refractivity contribution in [1.82, 2.24) is 0 Å². The molecule has 0 saturated heterocycles. The van der Waals surface area contributed by atoms with Crippen LogP contribution in [-0.4, -0.2) is 33.2 Å². The molecule has 0 unspecified atom stereocenters. The highest BCUT2D eigenvalue weighted by Crippen LogP contribution is 2.31. The lowest BCUT2D eigenvalue weighted by Crippen LogP contribution is -2.12. The molecule has 0 atom stereocenters. The van der Waals surface area contributed by atoms with Gasteiger partial charge in [0.15, 0.2) is 11.5 Å². The third-order valence-electron chi connectivity index (χ3n) is 3.57. The molecule has 6 nitrogen and oxygen atoms in total. The van der Waals surface area contributed by atoms with Crippen molar-refractivity contribution in [3.05, 3.63) is 59.2 Å². The summed E-state index contributed by atoms with van der Waals surface area (Å²) in [5, 5.41) is 2.25. The largest absolute Gasteiger partial charge is 0.493 e. The molecule has 0 spiro atoms. The van der Waals surface area contributed by atoms with Crippen molar-refractivity contribution < 1.29 is 32.6 Å². The molecule has 2 aromatic carbocycles. The Bertz CT molecular complexity index is 896. The number of benzene rings is 2. The number of carbonyl (C=O) groups excluding carboxylic acids is 2. The van der Waals surface area contributed by atoms with Gasteiger partial charge in [0, 0.05) is 17.7 Å². The van der Waals surface area contributed by atoms with E-state index >= 15 is 0 Å². The molecule has 0 aromatic heterocycles. The molecule has 0 saturated carbocycles. The van der Waals surface area contributed by atoms with E-state index in [0.29, 0.717) is 23.1 Å². The van der Waals surface area contributed by atoms with Gasteiger partial charge < -0.3 is 19.5 Å². The number of hydrogen-bond acceptors (Lipinski definition) is 5. The second kappa shape index (κ2) is 8.79. The molecule has 0 aliphatic rings. The fourth-order valence-electron chi connectivity index (χ4n) is 2.29. The van der Waals surface area contributed by atoms with Crippen LogP contribution in [0.1, 0.15) is 15.9 Å². The Kier molecular flexibility index (Phi) is 6.48. The molecule has 1 N–H and O–H groups in total. The van der Waals surface area contributed by atoms with Crippen LogP contribution in [0.4, 0.5) is 14.5 Å². The number of rotatable bonds is 6. The Labute approximate surface area is 154 Å². The van der Waals surface area contributed by atoms with Gasteiger partial charge in [0.05, 0.1) is 32.6 Å². The van der Waals surface area contributed by atoms with Crippen LogP contribution in [0.3, 0.4) is 0 Å². The fourth-order valence-corrected chi connectivity index (χ4v) is 2.29. The van der Waals surface area contributed by atoms with Crippen LogP contribution < -0.4 is 14.8 Å². The van der Waals surface area contributed by atoms with Crippen molar-refractivity contribution in [1.29, 1.82) is 0 Å². The summed E-state index contributed by atoms with van der Waals surface area (Å²) >= 11 is 0. The third-order valence-corrected chi connectivity index (χ3v) is 3.57. The molecular weight excluding hydrogens is 360 g/mol. The Morgan fingerprint density at radius 1 is 1.04 bits per heavy atom. The summed E-state index contributed by atoms with van der Waals surface area (Å²) in [7, 11) is 4.00. The van der Waals surface area contributed by atoms with Gasteiger partial charge in [0.25, 0.3) is 0 Å². The summed E-state index contributed by atoms with van der Waals surface area (Å²) < 4.78 is 42.3. The highest BCUT2D eigenvalue weighted by molar-refractivity contribution is 6.03. The van der Waals surface area contributed by atoms with E-state index in [1.54, 1.807) is 18.2 Å². The Balaban J connectivity index is 2.24. The molecule has 0 bridgehead atoms. The minimum absolute atomic E-state index is 0.357. The summed E-state index contributed by atoms with van der Waals surface area (Å²) in [6, 6.07) is 6.46. The zero-order valence-corrected chi connectivity index (χ0v) is 14.8. The van der Waals surface area contributed by atoms with Crippen molar-refractivity contribution in [2.75, 3.05) is 26.6 Å². The Hall–Kier alpha value is -3.42. The van der Waals surface area contributed by atoms with Gasteiger partial charge in [-0.15, -0.1) is 0 Å². The first-order chi connectivity index (χ1) is 12.9. The number of anilines is 1. The molecule has 2 rings (SSSR count). The molecule has 27 heavy (non-hydrogen) atoms.